The van der Waals surface area contributed by atoms with Gasteiger partial charge in [-0.15, -0.1) is 0 Å². The molecule has 134 valence electrons. The van der Waals surface area contributed by atoms with Crippen molar-refractivity contribution in [3.63, 3.8) is 0 Å². The van der Waals surface area contributed by atoms with Crippen LogP contribution in [0.25, 0.3) is 10.9 Å². The summed E-state index contributed by atoms with van der Waals surface area (Å²) in [5.74, 6) is 0.235. The van der Waals surface area contributed by atoms with E-state index in [1.807, 2.05) is 19.9 Å². The molecule has 1 aromatic carbocycles. The summed E-state index contributed by atoms with van der Waals surface area (Å²) in [6.45, 7) is 5.10. The number of aromatic amines is 1. The molecule has 1 unspecified atom stereocenters. The minimum atomic E-state index is -0.323. The molecule has 1 aliphatic heterocycles. The number of aryl methyl sites for hydroxylation is 2. The molecule has 3 aromatic rings. The second-order valence-corrected chi connectivity index (χ2v) is 6.51. The standard InChI is InChI=1S/C19H19FN4O2/c1-11-7-16(22-12(2)21-11)18-10-24(5-6-26-18)19(25)17-9-13-8-14(20)3-4-15(13)23-17/h3-4,7-9,18,23H,5-6,10H2,1-2H3. The van der Waals surface area contributed by atoms with E-state index in [2.05, 4.69) is 15.0 Å². The Morgan fingerprint density at radius 3 is 2.92 bits per heavy atom. The van der Waals surface area contributed by atoms with Crippen LogP contribution < -0.4 is 0 Å². The molecule has 1 N–H and O–H groups in total. The lowest BCUT2D eigenvalue weighted by molar-refractivity contribution is -0.0250. The first-order valence-electron chi connectivity index (χ1n) is 8.51. The number of H-pyrrole nitrogens is 1. The van der Waals surface area contributed by atoms with Gasteiger partial charge in [0.25, 0.3) is 5.91 Å². The fourth-order valence-corrected chi connectivity index (χ4v) is 3.31. The molecule has 26 heavy (non-hydrogen) atoms. The lowest BCUT2D eigenvalue weighted by Gasteiger charge is -2.32. The zero-order valence-electron chi connectivity index (χ0n) is 14.6. The highest BCUT2D eigenvalue weighted by molar-refractivity contribution is 5.98. The van der Waals surface area contributed by atoms with Gasteiger partial charge >= 0.3 is 0 Å². The molecule has 1 fully saturated rings. The van der Waals surface area contributed by atoms with Gasteiger partial charge in [-0.2, -0.15) is 0 Å². The van der Waals surface area contributed by atoms with E-state index in [4.69, 9.17) is 4.74 Å². The van der Waals surface area contributed by atoms with Crippen molar-refractivity contribution in [2.45, 2.75) is 20.0 Å². The van der Waals surface area contributed by atoms with Gasteiger partial charge in [0, 0.05) is 23.1 Å². The Morgan fingerprint density at radius 1 is 1.27 bits per heavy atom. The molecule has 0 spiro atoms. The largest absolute Gasteiger partial charge is 0.368 e. The average Bonchev–Trinajstić information content (AvgIpc) is 3.03. The topological polar surface area (TPSA) is 71.1 Å². The number of fused-ring (bicyclic) bond motifs is 1. The first-order valence-corrected chi connectivity index (χ1v) is 8.51. The Kier molecular flexibility index (Phi) is 4.16. The number of rotatable bonds is 2. The van der Waals surface area contributed by atoms with Crippen molar-refractivity contribution in [3.8, 4) is 0 Å². The van der Waals surface area contributed by atoms with E-state index in [0.29, 0.717) is 36.6 Å². The molecular formula is C19H19FN4O2. The van der Waals surface area contributed by atoms with E-state index in [0.717, 1.165) is 16.9 Å². The third-order valence-corrected chi connectivity index (χ3v) is 4.48. The van der Waals surface area contributed by atoms with Crippen molar-refractivity contribution in [1.82, 2.24) is 19.9 Å². The summed E-state index contributed by atoms with van der Waals surface area (Å²) in [7, 11) is 0. The van der Waals surface area contributed by atoms with Gasteiger partial charge in [-0.25, -0.2) is 14.4 Å². The highest BCUT2D eigenvalue weighted by atomic mass is 19.1. The lowest BCUT2D eigenvalue weighted by atomic mass is 10.1. The number of amides is 1. The average molecular weight is 354 g/mol. The smallest absolute Gasteiger partial charge is 0.270 e. The second kappa shape index (κ2) is 6.49. The van der Waals surface area contributed by atoms with Gasteiger partial charge < -0.3 is 14.6 Å². The van der Waals surface area contributed by atoms with Crippen LogP contribution in [0.1, 0.15) is 33.8 Å². The van der Waals surface area contributed by atoms with Crippen molar-refractivity contribution in [2.75, 3.05) is 19.7 Å². The summed E-state index contributed by atoms with van der Waals surface area (Å²) in [6.07, 6.45) is -0.282. The highest BCUT2D eigenvalue weighted by Crippen LogP contribution is 2.24. The molecule has 0 saturated carbocycles. The maximum absolute atomic E-state index is 13.4. The molecule has 7 heteroatoms. The number of halogens is 1. The monoisotopic (exact) mass is 354 g/mol. The van der Waals surface area contributed by atoms with Crippen LogP contribution >= 0.6 is 0 Å². The summed E-state index contributed by atoms with van der Waals surface area (Å²) >= 11 is 0. The number of benzene rings is 1. The van der Waals surface area contributed by atoms with Crippen molar-refractivity contribution < 1.29 is 13.9 Å². The van der Waals surface area contributed by atoms with Gasteiger partial charge in [0.2, 0.25) is 0 Å². The number of carbonyl (C=O) groups is 1. The van der Waals surface area contributed by atoms with Crippen LogP contribution in [0, 0.1) is 19.7 Å². The number of hydrogen-bond acceptors (Lipinski definition) is 4. The first kappa shape index (κ1) is 16.7. The van der Waals surface area contributed by atoms with Crippen LogP contribution in [0.2, 0.25) is 0 Å². The molecule has 0 bridgehead atoms. The second-order valence-electron chi connectivity index (χ2n) is 6.51. The molecule has 4 rings (SSSR count). The summed E-state index contributed by atoms with van der Waals surface area (Å²) in [6, 6.07) is 7.99. The third-order valence-electron chi connectivity index (χ3n) is 4.48. The molecule has 6 nitrogen and oxygen atoms in total. The number of nitrogens with one attached hydrogen (secondary N) is 1. The van der Waals surface area contributed by atoms with E-state index >= 15 is 0 Å². The van der Waals surface area contributed by atoms with Crippen molar-refractivity contribution in [2.24, 2.45) is 0 Å². The fourth-order valence-electron chi connectivity index (χ4n) is 3.31. The molecule has 2 aromatic heterocycles. The van der Waals surface area contributed by atoms with E-state index in [9.17, 15) is 9.18 Å². The summed E-state index contributed by atoms with van der Waals surface area (Å²) < 4.78 is 19.2. The minimum absolute atomic E-state index is 0.127. The minimum Gasteiger partial charge on any atom is -0.368 e. The van der Waals surface area contributed by atoms with Crippen LogP contribution in [0.15, 0.2) is 30.3 Å². The zero-order chi connectivity index (χ0) is 18.3. The SMILES string of the molecule is Cc1cc(C2CN(C(=O)c3cc4cc(F)ccc4[nH]3)CCO2)nc(C)n1. The van der Waals surface area contributed by atoms with Crippen molar-refractivity contribution >= 4 is 16.8 Å². The van der Waals surface area contributed by atoms with Crippen LogP contribution in [0.4, 0.5) is 4.39 Å². The van der Waals surface area contributed by atoms with Crippen LogP contribution in [-0.2, 0) is 4.74 Å². The Balaban J connectivity index is 1.57. The molecule has 0 radical (unpaired) electrons. The van der Waals surface area contributed by atoms with Crippen LogP contribution in [0.5, 0.6) is 0 Å². The molecule has 0 aliphatic carbocycles. The Bertz CT molecular complexity index is 965. The van der Waals surface area contributed by atoms with E-state index in [1.54, 1.807) is 17.0 Å². The highest BCUT2D eigenvalue weighted by Gasteiger charge is 2.28. The Labute approximate surface area is 150 Å². The number of hydrogen-bond donors (Lipinski definition) is 1. The van der Waals surface area contributed by atoms with Gasteiger partial charge in [-0.1, -0.05) is 0 Å². The number of carbonyl (C=O) groups excluding carboxylic acids is 1. The number of aromatic nitrogens is 3. The van der Waals surface area contributed by atoms with Gasteiger partial charge in [0.05, 0.1) is 18.8 Å². The third kappa shape index (κ3) is 3.17. The van der Waals surface area contributed by atoms with Crippen molar-refractivity contribution in [1.29, 1.82) is 0 Å². The number of morpholine rings is 1. The molecule has 1 saturated heterocycles. The van der Waals surface area contributed by atoms with Crippen LogP contribution in [-0.4, -0.2) is 45.5 Å². The van der Waals surface area contributed by atoms with Gasteiger partial charge in [0.15, 0.2) is 0 Å². The first-order chi connectivity index (χ1) is 12.5. The lowest BCUT2D eigenvalue weighted by Crippen LogP contribution is -2.42. The maximum atomic E-state index is 13.4. The predicted molar refractivity (Wildman–Crippen MR) is 94.4 cm³/mol. The van der Waals surface area contributed by atoms with Crippen molar-refractivity contribution in [3.05, 3.63) is 59.1 Å². The Morgan fingerprint density at radius 2 is 2.12 bits per heavy atom. The summed E-state index contributed by atoms with van der Waals surface area (Å²) in [5.41, 5.74) is 2.84. The van der Waals surface area contributed by atoms with Crippen LogP contribution in [0.3, 0.4) is 0 Å². The maximum Gasteiger partial charge on any atom is 0.270 e. The number of ether oxygens (including phenoxy) is 1. The zero-order valence-corrected chi connectivity index (χ0v) is 14.6. The molecule has 3 heterocycles. The fraction of sp³-hybridized carbons (Fsp3) is 0.316. The van der Waals surface area contributed by atoms with Gasteiger partial charge in [-0.3, -0.25) is 4.79 Å². The van der Waals surface area contributed by atoms with E-state index < -0.39 is 0 Å². The quantitative estimate of drug-likeness (QED) is 0.768. The van der Waals surface area contributed by atoms with Gasteiger partial charge in [0.1, 0.15) is 23.4 Å². The molecule has 1 amide bonds. The van der Waals surface area contributed by atoms with Gasteiger partial charge in [-0.05, 0) is 44.2 Å². The molecular weight excluding hydrogens is 335 g/mol. The predicted octanol–water partition coefficient (Wildman–Crippen LogP) is 2.93. The van der Waals surface area contributed by atoms with E-state index in [1.165, 1.54) is 12.1 Å². The summed E-state index contributed by atoms with van der Waals surface area (Å²) in [5, 5.41) is 0.681. The normalized spacial score (nSPS) is 17.7. The van der Waals surface area contributed by atoms with E-state index in [-0.39, 0.29) is 17.8 Å². The molecule has 1 atom stereocenters. The molecule has 1 aliphatic rings. The Hall–Kier alpha value is -2.80. The number of nitrogens with zero attached hydrogens (tertiary/aromatic N) is 3. The summed E-state index contributed by atoms with van der Waals surface area (Å²) in [4.78, 5) is 26.4.